The highest BCUT2D eigenvalue weighted by Gasteiger charge is 2.26. The number of sulfonamides is 1. The maximum Gasteiger partial charge on any atom is 0.213 e. The monoisotopic (exact) mass is 249 g/mol. The summed E-state index contributed by atoms with van der Waals surface area (Å²) < 4.78 is 25.8. The molecule has 1 saturated carbocycles. The Morgan fingerprint density at radius 1 is 1.25 bits per heavy atom. The number of aliphatic hydroxyl groups excluding tert-OH is 1. The van der Waals surface area contributed by atoms with Crippen LogP contribution in [0, 0.1) is 11.8 Å². The van der Waals surface area contributed by atoms with Gasteiger partial charge in [0, 0.05) is 13.2 Å². The minimum Gasteiger partial charge on any atom is -0.396 e. The summed E-state index contributed by atoms with van der Waals surface area (Å²) in [4.78, 5) is 0. The highest BCUT2D eigenvalue weighted by Crippen LogP contribution is 2.29. The minimum absolute atomic E-state index is 0.175. The van der Waals surface area contributed by atoms with E-state index in [9.17, 15) is 13.5 Å². The summed E-state index contributed by atoms with van der Waals surface area (Å²) in [6, 6.07) is 0. The third-order valence-corrected chi connectivity index (χ3v) is 5.28. The predicted molar refractivity (Wildman–Crippen MR) is 64.6 cm³/mol. The van der Waals surface area contributed by atoms with Gasteiger partial charge in [0.2, 0.25) is 10.0 Å². The van der Waals surface area contributed by atoms with E-state index in [1.54, 1.807) is 13.8 Å². The average molecular weight is 249 g/mol. The van der Waals surface area contributed by atoms with Crippen LogP contribution in [0.25, 0.3) is 0 Å². The standard InChI is InChI=1S/C11H23NO3S/c1-9(2)16(14,15)12-7-10-5-3-4-6-11(10)8-13/h9-13H,3-8H2,1-2H3. The van der Waals surface area contributed by atoms with E-state index < -0.39 is 10.0 Å². The van der Waals surface area contributed by atoms with Gasteiger partial charge in [-0.1, -0.05) is 12.8 Å². The summed E-state index contributed by atoms with van der Waals surface area (Å²) in [5.41, 5.74) is 0. The van der Waals surface area contributed by atoms with Gasteiger partial charge in [-0.3, -0.25) is 0 Å². The van der Waals surface area contributed by atoms with Crippen molar-refractivity contribution in [2.75, 3.05) is 13.2 Å². The number of aliphatic hydroxyl groups is 1. The number of hydrogen-bond acceptors (Lipinski definition) is 3. The predicted octanol–water partition coefficient (Wildman–Crippen LogP) is 1.11. The smallest absolute Gasteiger partial charge is 0.213 e. The van der Waals surface area contributed by atoms with Gasteiger partial charge in [-0.05, 0) is 38.5 Å². The molecule has 2 unspecified atom stereocenters. The van der Waals surface area contributed by atoms with E-state index in [1.807, 2.05) is 0 Å². The Labute approximate surface area is 98.5 Å². The molecule has 96 valence electrons. The van der Waals surface area contributed by atoms with Crippen molar-refractivity contribution in [3.8, 4) is 0 Å². The molecular weight excluding hydrogens is 226 g/mol. The van der Waals surface area contributed by atoms with E-state index >= 15 is 0 Å². The molecule has 5 heteroatoms. The van der Waals surface area contributed by atoms with Crippen LogP contribution < -0.4 is 4.72 Å². The quantitative estimate of drug-likeness (QED) is 0.767. The van der Waals surface area contributed by atoms with Crippen LogP contribution in [-0.2, 0) is 10.0 Å². The van der Waals surface area contributed by atoms with Crippen LogP contribution in [0.5, 0.6) is 0 Å². The fourth-order valence-corrected chi connectivity index (χ4v) is 2.96. The van der Waals surface area contributed by atoms with Crippen molar-refractivity contribution in [2.24, 2.45) is 11.8 Å². The fraction of sp³-hybridized carbons (Fsp3) is 1.00. The molecule has 2 N–H and O–H groups in total. The van der Waals surface area contributed by atoms with Crippen LogP contribution in [0.3, 0.4) is 0 Å². The van der Waals surface area contributed by atoms with Crippen LogP contribution in [0.4, 0.5) is 0 Å². The molecule has 0 radical (unpaired) electrons. The average Bonchev–Trinajstić information content (AvgIpc) is 2.26. The van der Waals surface area contributed by atoms with E-state index in [0.29, 0.717) is 12.5 Å². The van der Waals surface area contributed by atoms with Crippen molar-refractivity contribution >= 4 is 10.0 Å². The van der Waals surface area contributed by atoms with Gasteiger partial charge in [0.1, 0.15) is 0 Å². The molecule has 1 rings (SSSR count). The van der Waals surface area contributed by atoms with Gasteiger partial charge in [0.05, 0.1) is 5.25 Å². The van der Waals surface area contributed by atoms with Gasteiger partial charge in [-0.15, -0.1) is 0 Å². The second-order valence-corrected chi connectivity index (χ2v) is 7.25. The molecule has 0 aromatic rings. The first-order valence-corrected chi connectivity index (χ1v) is 7.61. The molecule has 0 bridgehead atoms. The van der Waals surface area contributed by atoms with E-state index in [2.05, 4.69) is 4.72 Å². The van der Waals surface area contributed by atoms with E-state index in [-0.39, 0.29) is 17.8 Å². The minimum atomic E-state index is -3.16. The van der Waals surface area contributed by atoms with E-state index in [0.717, 1.165) is 25.7 Å². The van der Waals surface area contributed by atoms with Crippen molar-refractivity contribution < 1.29 is 13.5 Å². The van der Waals surface area contributed by atoms with Crippen molar-refractivity contribution in [3.05, 3.63) is 0 Å². The first-order chi connectivity index (χ1) is 7.47. The van der Waals surface area contributed by atoms with Gasteiger partial charge < -0.3 is 5.11 Å². The van der Waals surface area contributed by atoms with Crippen LogP contribution >= 0.6 is 0 Å². The second kappa shape index (κ2) is 5.98. The Hall–Kier alpha value is -0.130. The Morgan fingerprint density at radius 2 is 1.81 bits per heavy atom. The Morgan fingerprint density at radius 3 is 2.31 bits per heavy atom. The molecular formula is C11H23NO3S. The summed E-state index contributed by atoms with van der Waals surface area (Å²) >= 11 is 0. The zero-order chi connectivity index (χ0) is 12.2. The molecule has 1 aliphatic rings. The first kappa shape index (κ1) is 13.9. The number of rotatable bonds is 5. The van der Waals surface area contributed by atoms with Crippen molar-refractivity contribution in [1.82, 2.24) is 4.72 Å². The maximum absolute atomic E-state index is 11.6. The lowest BCUT2D eigenvalue weighted by atomic mass is 9.80. The fourth-order valence-electron chi connectivity index (χ4n) is 2.18. The van der Waals surface area contributed by atoms with Crippen molar-refractivity contribution in [3.63, 3.8) is 0 Å². The van der Waals surface area contributed by atoms with Gasteiger partial charge in [-0.25, -0.2) is 13.1 Å². The second-order valence-electron chi connectivity index (χ2n) is 4.93. The lowest BCUT2D eigenvalue weighted by molar-refractivity contribution is 0.136. The molecule has 0 aromatic carbocycles. The van der Waals surface area contributed by atoms with Crippen molar-refractivity contribution in [2.45, 2.75) is 44.8 Å². The number of nitrogens with one attached hydrogen (secondary N) is 1. The molecule has 0 aromatic heterocycles. The molecule has 0 saturated heterocycles. The summed E-state index contributed by atoms with van der Waals surface area (Å²) in [7, 11) is -3.16. The van der Waals surface area contributed by atoms with Gasteiger partial charge >= 0.3 is 0 Å². The van der Waals surface area contributed by atoms with E-state index in [4.69, 9.17) is 0 Å². The highest BCUT2D eigenvalue weighted by molar-refractivity contribution is 7.90. The van der Waals surface area contributed by atoms with Crippen LogP contribution in [0.15, 0.2) is 0 Å². The van der Waals surface area contributed by atoms with Gasteiger partial charge in [0.15, 0.2) is 0 Å². The third kappa shape index (κ3) is 3.71. The summed E-state index contributed by atoms with van der Waals surface area (Å²) in [5.74, 6) is 0.566. The third-order valence-electron chi connectivity index (χ3n) is 3.47. The molecule has 0 amide bonds. The largest absolute Gasteiger partial charge is 0.396 e. The molecule has 1 fully saturated rings. The van der Waals surface area contributed by atoms with Gasteiger partial charge in [-0.2, -0.15) is 0 Å². The highest BCUT2D eigenvalue weighted by atomic mass is 32.2. The lowest BCUT2D eigenvalue weighted by Crippen LogP contribution is -2.38. The lowest BCUT2D eigenvalue weighted by Gasteiger charge is -2.30. The zero-order valence-electron chi connectivity index (χ0n) is 10.1. The maximum atomic E-state index is 11.6. The summed E-state index contributed by atoms with van der Waals surface area (Å²) in [6.07, 6.45) is 4.33. The first-order valence-electron chi connectivity index (χ1n) is 6.06. The van der Waals surface area contributed by atoms with Crippen LogP contribution in [0.2, 0.25) is 0 Å². The molecule has 0 heterocycles. The zero-order valence-corrected chi connectivity index (χ0v) is 11.0. The number of hydrogen-bond donors (Lipinski definition) is 2. The Bertz CT molecular complexity index is 300. The summed E-state index contributed by atoms with van der Waals surface area (Å²) in [5, 5.41) is 8.84. The summed E-state index contributed by atoms with van der Waals surface area (Å²) in [6.45, 7) is 4.00. The van der Waals surface area contributed by atoms with Crippen LogP contribution in [-0.4, -0.2) is 31.9 Å². The normalized spacial score (nSPS) is 27.2. The van der Waals surface area contributed by atoms with E-state index in [1.165, 1.54) is 0 Å². The molecule has 2 atom stereocenters. The Balaban J connectivity index is 2.47. The van der Waals surface area contributed by atoms with Crippen LogP contribution in [0.1, 0.15) is 39.5 Å². The molecule has 0 aliphatic heterocycles. The Kier molecular flexibility index (Phi) is 5.21. The van der Waals surface area contributed by atoms with Gasteiger partial charge in [0.25, 0.3) is 0 Å². The molecule has 1 aliphatic carbocycles. The SMILES string of the molecule is CC(C)S(=O)(=O)NCC1CCCCC1CO. The molecule has 16 heavy (non-hydrogen) atoms. The molecule has 0 spiro atoms. The van der Waals surface area contributed by atoms with Crippen molar-refractivity contribution in [1.29, 1.82) is 0 Å². The molecule has 4 nitrogen and oxygen atoms in total. The topological polar surface area (TPSA) is 66.4 Å².